The average Bonchev–Trinajstić information content (AvgIpc) is 2.15. The quantitative estimate of drug-likeness (QED) is 0.744. The molecule has 72 valence electrons. The van der Waals surface area contributed by atoms with Crippen molar-refractivity contribution in [3.05, 3.63) is 33.4 Å². The van der Waals surface area contributed by atoms with E-state index in [0.717, 1.165) is 20.9 Å². The van der Waals surface area contributed by atoms with Crippen molar-refractivity contribution in [2.24, 2.45) is 0 Å². The molecule has 0 atom stereocenters. The third-order valence-electron chi connectivity index (χ3n) is 2.11. The lowest BCUT2D eigenvalue weighted by Crippen LogP contribution is -1.91. The first-order valence-electron chi connectivity index (χ1n) is 4.10. The fraction of sp³-hybridized carbons (Fsp3) is 0.100. The van der Waals surface area contributed by atoms with Gasteiger partial charge < -0.3 is 5.73 Å². The van der Waals surface area contributed by atoms with E-state index in [4.69, 9.17) is 17.3 Å². The standard InChI is InChI=1S/C10H8BrClN2/c1-5-2-3-8-6(9(5)11)4-7(13)10(12)14-8/h2-4H,13H2,1H3. The highest BCUT2D eigenvalue weighted by Crippen LogP contribution is 2.30. The molecule has 2 N–H and O–H groups in total. The molecule has 0 radical (unpaired) electrons. The Hall–Kier alpha value is -0.800. The maximum absolute atomic E-state index is 5.83. The Bertz CT molecular complexity index is 511. The first-order chi connectivity index (χ1) is 6.59. The van der Waals surface area contributed by atoms with Crippen LogP contribution in [-0.4, -0.2) is 4.98 Å². The molecule has 0 spiro atoms. The molecular weight excluding hydrogens is 263 g/mol. The molecule has 2 aromatic rings. The number of halogens is 2. The molecule has 0 fully saturated rings. The Kier molecular flexibility index (Phi) is 2.37. The summed E-state index contributed by atoms with van der Waals surface area (Å²) in [6, 6.07) is 5.76. The van der Waals surface area contributed by atoms with Gasteiger partial charge in [-0.1, -0.05) is 17.7 Å². The fourth-order valence-electron chi connectivity index (χ4n) is 1.31. The minimum atomic E-state index is 0.355. The van der Waals surface area contributed by atoms with Crippen molar-refractivity contribution in [3.8, 4) is 0 Å². The van der Waals surface area contributed by atoms with Crippen LogP contribution in [0.3, 0.4) is 0 Å². The molecule has 0 bridgehead atoms. The number of nitrogens with two attached hydrogens (primary N) is 1. The van der Waals surface area contributed by atoms with Gasteiger partial charge in [-0.3, -0.25) is 0 Å². The van der Waals surface area contributed by atoms with Crippen LogP contribution < -0.4 is 5.73 Å². The van der Waals surface area contributed by atoms with Crippen LogP contribution in [0.25, 0.3) is 10.9 Å². The summed E-state index contributed by atoms with van der Waals surface area (Å²) in [5, 5.41) is 1.35. The average molecular weight is 272 g/mol. The molecule has 0 saturated carbocycles. The molecular formula is C10H8BrClN2. The number of anilines is 1. The molecule has 14 heavy (non-hydrogen) atoms. The number of hydrogen-bond donors (Lipinski definition) is 1. The zero-order chi connectivity index (χ0) is 10.3. The lowest BCUT2D eigenvalue weighted by atomic mass is 10.1. The van der Waals surface area contributed by atoms with E-state index in [9.17, 15) is 0 Å². The van der Waals surface area contributed by atoms with Crippen molar-refractivity contribution in [3.63, 3.8) is 0 Å². The van der Waals surface area contributed by atoms with Gasteiger partial charge in [0.2, 0.25) is 0 Å². The van der Waals surface area contributed by atoms with Crippen LogP contribution in [0.2, 0.25) is 5.15 Å². The van der Waals surface area contributed by atoms with E-state index in [0.29, 0.717) is 10.8 Å². The molecule has 0 aliphatic heterocycles. The first kappa shape index (κ1) is 9.74. The molecule has 0 unspecified atom stereocenters. The van der Waals surface area contributed by atoms with Gasteiger partial charge >= 0.3 is 0 Å². The lowest BCUT2D eigenvalue weighted by Gasteiger charge is -2.05. The summed E-state index contributed by atoms with van der Waals surface area (Å²) in [6.45, 7) is 2.02. The summed E-state index contributed by atoms with van der Waals surface area (Å²) in [6.07, 6.45) is 0. The van der Waals surface area contributed by atoms with Crippen LogP contribution in [0.15, 0.2) is 22.7 Å². The number of nitrogens with zero attached hydrogens (tertiary/aromatic N) is 1. The van der Waals surface area contributed by atoms with Crippen LogP contribution in [0.4, 0.5) is 5.69 Å². The van der Waals surface area contributed by atoms with E-state index in [1.807, 2.05) is 25.1 Å². The maximum Gasteiger partial charge on any atom is 0.152 e. The van der Waals surface area contributed by atoms with Crippen molar-refractivity contribution in [2.75, 3.05) is 5.73 Å². The molecule has 1 aromatic carbocycles. The van der Waals surface area contributed by atoms with E-state index >= 15 is 0 Å². The zero-order valence-corrected chi connectivity index (χ0v) is 9.85. The highest BCUT2D eigenvalue weighted by Gasteiger charge is 2.06. The van der Waals surface area contributed by atoms with Crippen LogP contribution in [-0.2, 0) is 0 Å². The molecule has 2 rings (SSSR count). The van der Waals surface area contributed by atoms with Crippen molar-refractivity contribution < 1.29 is 0 Å². The normalized spacial score (nSPS) is 10.8. The second-order valence-electron chi connectivity index (χ2n) is 3.13. The van der Waals surface area contributed by atoms with Crippen LogP contribution in [0.1, 0.15) is 5.56 Å². The molecule has 0 amide bonds. The summed E-state index contributed by atoms with van der Waals surface area (Å²) >= 11 is 9.33. The van der Waals surface area contributed by atoms with E-state index in [1.165, 1.54) is 0 Å². The van der Waals surface area contributed by atoms with E-state index in [2.05, 4.69) is 20.9 Å². The molecule has 4 heteroatoms. The first-order valence-corrected chi connectivity index (χ1v) is 5.27. The SMILES string of the molecule is Cc1ccc2nc(Cl)c(N)cc2c1Br. The van der Waals surface area contributed by atoms with Crippen LogP contribution in [0, 0.1) is 6.92 Å². The van der Waals surface area contributed by atoms with Gasteiger partial charge in [-0.25, -0.2) is 4.98 Å². The minimum Gasteiger partial charge on any atom is -0.396 e. The molecule has 1 heterocycles. The van der Waals surface area contributed by atoms with Gasteiger partial charge in [0, 0.05) is 9.86 Å². The maximum atomic E-state index is 5.83. The van der Waals surface area contributed by atoms with Crippen molar-refractivity contribution in [1.29, 1.82) is 0 Å². The lowest BCUT2D eigenvalue weighted by molar-refractivity contribution is 1.38. The van der Waals surface area contributed by atoms with E-state index in [-0.39, 0.29) is 0 Å². The molecule has 0 saturated heterocycles. The minimum absolute atomic E-state index is 0.355. The third-order valence-corrected chi connectivity index (χ3v) is 3.46. The number of aromatic nitrogens is 1. The fourth-order valence-corrected chi connectivity index (χ4v) is 1.91. The molecule has 1 aromatic heterocycles. The summed E-state index contributed by atoms with van der Waals surface area (Å²) in [4.78, 5) is 4.19. The smallest absolute Gasteiger partial charge is 0.152 e. The predicted molar refractivity (Wildman–Crippen MR) is 63.6 cm³/mol. The number of rotatable bonds is 0. The number of aryl methyl sites for hydroxylation is 1. The number of benzene rings is 1. The Morgan fingerprint density at radius 1 is 1.43 bits per heavy atom. The number of nitrogen functional groups attached to an aromatic ring is 1. The van der Waals surface area contributed by atoms with E-state index in [1.54, 1.807) is 0 Å². The van der Waals surface area contributed by atoms with Gasteiger partial charge in [-0.05, 0) is 40.5 Å². The summed E-state index contributed by atoms with van der Waals surface area (Å²) in [5.41, 5.74) is 8.20. The third kappa shape index (κ3) is 1.47. The Balaban J connectivity index is 2.89. The van der Waals surface area contributed by atoms with Crippen LogP contribution >= 0.6 is 27.5 Å². The number of pyridine rings is 1. The van der Waals surface area contributed by atoms with Crippen molar-refractivity contribution >= 4 is 44.1 Å². The van der Waals surface area contributed by atoms with Crippen LogP contribution in [0.5, 0.6) is 0 Å². The molecule has 2 nitrogen and oxygen atoms in total. The largest absolute Gasteiger partial charge is 0.396 e. The second-order valence-corrected chi connectivity index (χ2v) is 4.28. The topological polar surface area (TPSA) is 38.9 Å². The molecule has 0 aliphatic carbocycles. The van der Waals surface area contributed by atoms with E-state index < -0.39 is 0 Å². The van der Waals surface area contributed by atoms with Gasteiger partial charge in [-0.15, -0.1) is 0 Å². The summed E-state index contributed by atoms with van der Waals surface area (Å²) in [7, 11) is 0. The highest BCUT2D eigenvalue weighted by atomic mass is 79.9. The summed E-state index contributed by atoms with van der Waals surface area (Å²) < 4.78 is 1.02. The van der Waals surface area contributed by atoms with Gasteiger partial charge in [-0.2, -0.15) is 0 Å². The van der Waals surface area contributed by atoms with Gasteiger partial charge in [0.15, 0.2) is 5.15 Å². The monoisotopic (exact) mass is 270 g/mol. The number of fused-ring (bicyclic) bond motifs is 1. The molecule has 0 aliphatic rings. The second kappa shape index (κ2) is 3.41. The number of hydrogen-bond acceptors (Lipinski definition) is 2. The predicted octanol–water partition coefficient (Wildman–Crippen LogP) is 3.54. The van der Waals surface area contributed by atoms with Crippen molar-refractivity contribution in [2.45, 2.75) is 6.92 Å². The van der Waals surface area contributed by atoms with Gasteiger partial charge in [0.1, 0.15) is 0 Å². The summed E-state index contributed by atoms with van der Waals surface area (Å²) in [5.74, 6) is 0. The Labute approximate surface area is 95.2 Å². The zero-order valence-electron chi connectivity index (χ0n) is 7.51. The Morgan fingerprint density at radius 3 is 2.86 bits per heavy atom. The Morgan fingerprint density at radius 2 is 2.14 bits per heavy atom. The van der Waals surface area contributed by atoms with Gasteiger partial charge in [0.05, 0.1) is 11.2 Å². The van der Waals surface area contributed by atoms with Crippen molar-refractivity contribution in [1.82, 2.24) is 4.98 Å². The van der Waals surface area contributed by atoms with Gasteiger partial charge in [0.25, 0.3) is 0 Å². The highest BCUT2D eigenvalue weighted by molar-refractivity contribution is 9.10.